The van der Waals surface area contributed by atoms with E-state index in [1.165, 1.54) is 0 Å². The van der Waals surface area contributed by atoms with Crippen molar-refractivity contribution in [3.05, 3.63) is 45.7 Å². The molecule has 1 atom stereocenters. The largest absolute Gasteiger partial charge is 0.444 e. The molecule has 1 saturated heterocycles. The van der Waals surface area contributed by atoms with E-state index < -0.39 is 0 Å². The number of cyclic esters (lactones) is 1. The molecular weight excluding hydrogens is 292 g/mol. The summed E-state index contributed by atoms with van der Waals surface area (Å²) in [5.74, 6) is 0. The third-order valence-corrected chi connectivity index (χ3v) is 4.37. The minimum absolute atomic E-state index is 0.0353. The molecule has 0 N–H and O–H groups in total. The Bertz CT molecular complexity index is 823. The number of hydrogen-bond acceptors (Lipinski definition) is 3. The Hall–Kier alpha value is -2.30. The van der Waals surface area contributed by atoms with Crippen molar-refractivity contribution in [3.8, 4) is 0 Å². The Kier molecular flexibility index (Phi) is 3.88. The number of pyridine rings is 1. The highest BCUT2D eigenvalue weighted by Gasteiger charge is 2.30. The summed E-state index contributed by atoms with van der Waals surface area (Å²) in [6.45, 7) is 8.84. The van der Waals surface area contributed by atoms with Gasteiger partial charge in [-0.15, -0.1) is 0 Å². The molecule has 2 aromatic rings. The van der Waals surface area contributed by atoms with E-state index in [4.69, 9.17) is 4.74 Å². The number of aromatic nitrogens is 1. The highest BCUT2D eigenvalue weighted by Crippen LogP contribution is 2.24. The number of fused-ring (bicyclic) bond motifs is 1. The molecule has 122 valence electrons. The number of hydrogen-bond donors (Lipinski definition) is 0. The van der Waals surface area contributed by atoms with E-state index in [2.05, 4.69) is 18.4 Å². The first-order valence-electron chi connectivity index (χ1n) is 7.98. The van der Waals surface area contributed by atoms with E-state index in [0.717, 1.165) is 16.6 Å². The van der Waals surface area contributed by atoms with Crippen LogP contribution in [-0.2, 0) is 11.3 Å². The summed E-state index contributed by atoms with van der Waals surface area (Å²) in [5, 5.41) is 0.722. The van der Waals surface area contributed by atoms with Gasteiger partial charge in [-0.3, -0.25) is 9.69 Å². The summed E-state index contributed by atoms with van der Waals surface area (Å²) < 4.78 is 7.36. The smallest absolute Gasteiger partial charge is 0.410 e. The third-order valence-electron chi connectivity index (χ3n) is 4.37. The lowest BCUT2D eigenvalue weighted by molar-refractivity contribution is 0.137. The number of carbonyl (C=O) groups is 1. The fourth-order valence-corrected chi connectivity index (χ4v) is 3.30. The van der Waals surface area contributed by atoms with Crippen LogP contribution in [0.2, 0.25) is 0 Å². The molecule has 0 bridgehead atoms. The van der Waals surface area contributed by atoms with Crippen LogP contribution in [-0.4, -0.2) is 28.2 Å². The molecule has 0 spiro atoms. The normalized spacial score (nSPS) is 18.0. The van der Waals surface area contributed by atoms with E-state index in [1.54, 1.807) is 4.90 Å². The highest BCUT2D eigenvalue weighted by molar-refractivity contribution is 5.80. The van der Waals surface area contributed by atoms with Crippen LogP contribution in [0.3, 0.4) is 0 Å². The monoisotopic (exact) mass is 314 g/mol. The highest BCUT2D eigenvalue weighted by atomic mass is 16.6. The van der Waals surface area contributed by atoms with Crippen LogP contribution in [0.5, 0.6) is 0 Å². The first-order chi connectivity index (χ1) is 10.9. The molecule has 1 amide bonds. The number of nitrogens with zero attached hydrogens (tertiary/aromatic N) is 2. The Morgan fingerprint density at radius 2 is 1.96 bits per heavy atom. The van der Waals surface area contributed by atoms with Gasteiger partial charge in [0.25, 0.3) is 0 Å². The quantitative estimate of drug-likeness (QED) is 0.874. The topological polar surface area (TPSA) is 51.5 Å². The van der Waals surface area contributed by atoms with Crippen LogP contribution in [0.15, 0.2) is 29.1 Å². The zero-order valence-corrected chi connectivity index (χ0v) is 14.0. The van der Waals surface area contributed by atoms with Gasteiger partial charge in [-0.25, -0.2) is 4.79 Å². The van der Waals surface area contributed by atoms with E-state index in [9.17, 15) is 9.59 Å². The molecule has 23 heavy (non-hydrogen) atoms. The van der Waals surface area contributed by atoms with Gasteiger partial charge in [0.2, 0.25) is 0 Å². The maximum Gasteiger partial charge on any atom is 0.410 e. The van der Waals surface area contributed by atoms with Crippen molar-refractivity contribution in [1.29, 1.82) is 0 Å². The number of para-hydroxylation sites is 1. The van der Waals surface area contributed by atoms with E-state index in [1.807, 2.05) is 38.1 Å². The Morgan fingerprint density at radius 1 is 1.26 bits per heavy atom. The second-order valence-electron chi connectivity index (χ2n) is 6.46. The Balaban J connectivity index is 2.19. The van der Waals surface area contributed by atoms with Crippen molar-refractivity contribution in [3.63, 3.8) is 0 Å². The summed E-state index contributed by atoms with van der Waals surface area (Å²) in [6.07, 6.45) is -0.421. The summed E-state index contributed by atoms with van der Waals surface area (Å²) in [4.78, 5) is 26.3. The minimum Gasteiger partial charge on any atom is -0.444 e. The third kappa shape index (κ3) is 2.60. The number of ether oxygens (including phenoxy) is 1. The van der Waals surface area contributed by atoms with Gasteiger partial charge >= 0.3 is 6.09 Å². The van der Waals surface area contributed by atoms with Gasteiger partial charge in [0.05, 0.1) is 18.6 Å². The molecule has 0 saturated carbocycles. The molecule has 1 fully saturated rings. The molecule has 1 aliphatic heterocycles. The van der Waals surface area contributed by atoms with Gasteiger partial charge in [-0.05, 0) is 39.8 Å². The second kappa shape index (κ2) is 5.72. The summed E-state index contributed by atoms with van der Waals surface area (Å²) in [5.41, 5.74) is 2.53. The molecule has 3 rings (SSSR count). The lowest BCUT2D eigenvalue weighted by Gasteiger charge is -2.25. The predicted octanol–water partition coefficient (Wildman–Crippen LogP) is 3.23. The van der Waals surface area contributed by atoms with E-state index in [-0.39, 0.29) is 23.7 Å². The molecule has 0 unspecified atom stereocenters. The van der Waals surface area contributed by atoms with Crippen LogP contribution in [0, 0.1) is 6.92 Å². The molecule has 0 aliphatic carbocycles. The van der Waals surface area contributed by atoms with Crippen molar-refractivity contribution in [2.45, 2.75) is 46.4 Å². The van der Waals surface area contributed by atoms with Gasteiger partial charge in [0, 0.05) is 22.7 Å². The van der Waals surface area contributed by atoms with Crippen LogP contribution < -0.4 is 5.43 Å². The number of benzene rings is 1. The van der Waals surface area contributed by atoms with Crippen molar-refractivity contribution in [1.82, 2.24) is 9.47 Å². The van der Waals surface area contributed by atoms with Crippen LogP contribution in [0.25, 0.3) is 10.9 Å². The van der Waals surface area contributed by atoms with Gasteiger partial charge in [0.15, 0.2) is 5.43 Å². The van der Waals surface area contributed by atoms with E-state index in [0.29, 0.717) is 18.7 Å². The maximum atomic E-state index is 12.7. The van der Waals surface area contributed by atoms with Gasteiger partial charge < -0.3 is 9.30 Å². The molecule has 0 radical (unpaired) electrons. The zero-order chi connectivity index (χ0) is 16.7. The van der Waals surface area contributed by atoms with Crippen LogP contribution >= 0.6 is 0 Å². The molecule has 1 aromatic carbocycles. The Labute approximate surface area is 135 Å². The number of rotatable bonds is 3. The number of carbonyl (C=O) groups excluding carboxylic acids is 1. The van der Waals surface area contributed by atoms with Gasteiger partial charge in [-0.2, -0.15) is 0 Å². The predicted molar refractivity (Wildman–Crippen MR) is 89.7 cm³/mol. The van der Waals surface area contributed by atoms with Crippen LogP contribution in [0.1, 0.15) is 38.1 Å². The first kappa shape index (κ1) is 15.6. The molecule has 1 aromatic heterocycles. The number of amides is 1. The molecule has 2 heterocycles. The SMILES string of the molecule is Cc1c(CN2C[C@@H](C)OC2=O)n(C(C)C)c2ccccc2c1=O. The Morgan fingerprint density at radius 3 is 2.57 bits per heavy atom. The van der Waals surface area contributed by atoms with Gasteiger partial charge in [-0.1, -0.05) is 12.1 Å². The summed E-state index contributed by atoms with van der Waals surface area (Å²) in [7, 11) is 0. The van der Waals surface area contributed by atoms with E-state index >= 15 is 0 Å². The summed E-state index contributed by atoms with van der Waals surface area (Å²) in [6, 6.07) is 7.83. The minimum atomic E-state index is -0.312. The standard InChI is InChI=1S/C18H22N2O3/c1-11(2)20-15-8-6-5-7-14(15)17(21)13(4)16(20)10-19-9-12(3)23-18(19)22/h5-8,11-12H,9-10H2,1-4H3/t12-/m1/s1. The maximum absolute atomic E-state index is 12.7. The lowest BCUT2D eigenvalue weighted by Crippen LogP contribution is -2.29. The molecular formula is C18H22N2O3. The zero-order valence-electron chi connectivity index (χ0n) is 14.0. The van der Waals surface area contributed by atoms with Crippen molar-refractivity contribution in [2.75, 3.05) is 6.54 Å². The van der Waals surface area contributed by atoms with Crippen LogP contribution in [0.4, 0.5) is 4.79 Å². The fraction of sp³-hybridized carbons (Fsp3) is 0.444. The molecule has 5 heteroatoms. The average molecular weight is 314 g/mol. The molecule has 1 aliphatic rings. The fourth-order valence-electron chi connectivity index (χ4n) is 3.30. The molecule has 5 nitrogen and oxygen atoms in total. The van der Waals surface area contributed by atoms with Gasteiger partial charge in [0.1, 0.15) is 6.10 Å². The average Bonchev–Trinajstić information content (AvgIpc) is 2.82. The summed E-state index contributed by atoms with van der Waals surface area (Å²) >= 11 is 0. The van der Waals surface area contributed by atoms with Crippen molar-refractivity contribution < 1.29 is 9.53 Å². The second-order valence-corrected chi connectivity index (χ2v) is 6.46. The first-order valence-corrected chi connectivity index (χ1v) is 7.98. The van der Waals surface area contributed by atoms with Crippen molar-refractivity contribution >= 4 is 17.0 Å². The van der Waals surface area contributed by atoms with Crippen molar-refractivity contribution in [2.24, 2.45) is 0 Å². The lowest BCUT2D eigenvalue weighted by atomic mass is 10.1.